The van der Waals surface area contributed by atoms with Crippen LogP contribution in [-0.2, 0) is 9.53 Å². The Kier molecular flexibility index (Phi) is 6.36. The van der Waals surface area contributed by atoms with Crippen LogP contribution in [0, 0.1) is 0 Å². The van der Waals surface area contributed by atoms with Crippen molar-refractivity contribution in [2.75, 3.05) is 53.0 Å². The normalized spacial score (nSPS) is 20.4. The molecule has 0 bridgehead atoms. The molecule has 2 aromatic rings. The largest absolute Gasteiger partial charge is 0.496 e. The van der Waals surface area contributed by atoms with Crippen LogP contribution >= 0.6 is 0 Å². The Morgan fingerprint density at radius 2 is 1.97 bits per heavy atom. The second-order valence-corrected chi connectivity index (χ2v) is 7.56. The van der Waals surface area contributed by atoms with E-state index < -0.39 is 0 Å². The number of morpholine rings is 1. The van der Waals surface area contributed by atoms with E-state index in [0.717, 1.165) is 48.6 Å². The summed E-state index contributed by atoms with van der Waals surface area (Å²) in [4.78, 5) is 26.2. The Bertz CT molecular complexity index is 838. The van der Waals surface area contributed by atoms with E-state index in [0.29, 0.717) is 32.8 Å². The molecule has 2 fully saturated rings. The molecular formula is C22H28N4O3. The smallest absolute Gasteiger partial charge is 0.236 e. The minimum absolute atomic E-state index is 0.193. The van der Waals surface area contributed by atoms with Crippen molar-refractivity contribution < 1.29 is 14.3 Å². The molecule has 7 nitrogen and oxygen atoms in total. The summed E-state index contributed by atoms with van der Waals surface area (Å²) < 4.78 is 10.9. The van der Waals surface area contributed by atoms with Gasteiger partial charge >= 0.3 is 0 Å². The summed E-state index contributed by atoms with van der Waals surface area (Å²) in [7, 11) is 1.68. The van der Waals surface area contributed by atoms with Gasteiger partial charge in [-0.25, -0.2) is 0 Å². The van der Waals surface area contributed by atoms with E-state index in [1.165, 1.54) is 0 Å². The van der Waals surface area contributed by atoms with Crippen LogP contribution in [-0.4, -0.2) is 78.7 Å². The first-order chi connectivity index (χ1) is 14.3. The number of piperidine rings is 1. The SMILES string of the molecule is COc1ccccc1-c1nccnc1[C@@H]1CCCN(CC(=O)N2CCOCC2)C1. The van der Waals surface area contributed by atoms with Crippen molar-refractivity contribution in [3.8, 4) is 17.0 Å². The molecule has 0 aliphatic carbocycles. The fraction of sp³-hybridized carbons (Fsp3) is 0.500. The lowest BCUT2D eigenvalue weighted by Gasteiger charge is -2.35. The molecule has 154 valence electrons. The van der Waals surface area contributed by atoms with Gasteiger partial charge in [0.15, 0.2) is 0 Å². The summed E-state index contributed by atoms with van der Waals surface area (Å²) in [5, 5.41) is 0. The second kappa shape index (κ2) is 9.33. The van der Waals surface area contributed by atoms with Gasteiger partial charge in [-0.15, -0.1) is 0 Å². The van der Waals surface area contributed by atoms with E-state index >= 15 is 0 Å². The second-order valence-electron chi connectivity index (χ2n) is 7.56. The third-order valence-electron chi connectivity index (χ3n) is 5.70. The lowest BCUT2D eigenvalue weighted by atomic mass is 9.91. The number of ether oxygens (including phenoxy) is 2. The van der Waals surface area contributed by atoms with Crippen molar-refractivity contribution in [2.45, 2.75) is 18.8 Å². The number of para-hydroxylation sites is 1. The molecule has 2 saturated heterocycles. The number of aromatic nitrogens is 2. The third kappa shape index (κ3) is 4.57. The van der Waals surface area contributed by atoms with Gasteiger partial charge in [0.2, 0.25) is 5.91 Å². The molecule has 1 aromatic carbocycles. The van der Waals surface area contributed by atoms with Gasteiger partial charge in [-0.2, -0.15) is 0 Å². The topological polar surface area (TPSA) is 67.8 Å². The van der Waals surface area contributed by atoms with Gasteiger partial charge in [0.25, 0.3) is 0 Å². The fourth-order valence-corrected chi connectivity index (χ4v) is 4.22. The molecule has 1 amide bonds. The molecule has 0 spiro atoms. The van der Waals surface area contributed by atoms with Crippen LogP contribution in [0.15, 0.2) is 36.7 Å². The molecule has 29 heavy (non-hydrogen) atoms. The predicted octanol–water partition coefficient (Wildman–Crippen LogP) is 2.19. The van der Waals surface area contributed by atoms with Crippen LogP contribution in [0.2, 0.25) is 0 Å². The van der Waals surface area contributed by atoms with E-state index in [1.807, 2.05) is 29.2 Å². The zero-order valence-electron chi connectivity index (χ0n) is 16.9. The Balaban J connectivity index is 1.51. The van der Waals surface area contributed by atoms with Gasteiger partial charge in [-0.1, -0.05) is 12.1 Å². The summed E-state index contributed by atoms with van der Waals surface area (Å²) >= 11 is 0. The molecule has 1 aromatic heterocycles. The number of nitrogens with zero attached hydrogens (tertiary/aromatic N) is 4. The van der Waals surface area contributed by atoms with Gasteiger partial charge in [-0.3, -0.25) is 19.7 Å². The van der Waals surface area contributed by atoms with Crippen molar-refractivity contribution in [3.05, 3.63) is 42.4 Å². The molecule has 3 heterocycles. The Morgan fingerprint density at radius 1 is 1.17 bits per heavy atom. The minimum Gasteiger partial charge on any atom is -0.496 e. The van der Waals surface area contributed by atoms with Crippen LogP contribution in [0.25, 0.3) is 11.3 Å². The fourth-order valence-electron chi connectivity index (χ4n) is 4.22. The molecule has 0 unspecified atom stereocenters. The standard InChI is InChI=1S/C22H28N4O3/c1-28-19-7-3-2-6-18(19)22-21(23-8-9-24-22)17-5-4-10-25(15-17)16-20(27)26-11-13-29-14-12-26/h2-3,6-9,17H,4-5,10-16H2,1H3/t17-/m1/s1. The summed E-state index contributed by atoms with van der Waals surface area (Å²) in [5.74, 6) is 1.23. The number of benzene rings is 1. The number of carbonyl (C=O) groups excluding carboxylic acids is 1. The molecule has 4 rings (SSSR count). The summed E-state index contributed by atoms with van der Waals surface area (Å²) in [6.07, 6.45) is 5.58. The maximum Gasteiger partial charge on any atom is 0.236 e. The number of rotatable bonds is 5. The monoisotopic (exact) mass is 396 g/mol. The number of hydrogen-bond acceptors (Lipinski definition) is 6. The highest BCUT2D eigenvalue weighted by Crippen LogP contribution is 2.35. The van der Waals surface area contributed by atoms with Gasteiger partial charge < -0.3 is 14.4 Å². The molecule has 0 radical (unpaired) electrons. The molecule has 2 aliphatic rings. The molecule has 7 heteroatoms. The summed E-state index contributed by atoms with van der Waals surface area (Å²) in [5.41, 5.74) is 2.82. The van der Waals surface area contributed by atoms with Crippen LogP contribution in [0.5, 0.6) is 5.75 Å². The number of methoxy groups -OCH3 is 1. The van der Waals surface area contributed by atoms with Gasteiger partial charge in [-0.05, 0) is 31.5 Å². The zero-order valence-corrected chi connectivity index (χ0v) is 16.9. The van der Waals surface area contributed by atoms with E-state index in [4.69, 9.17) is 14.5 Å². The molecule has 1 atom stereocenters. The highest BCUT2D eigenvalue weighted by molar-refractivity contribution is 5.78. The quantitative estimate of drug-likeness (QED) is 0.772. The summed E-state index contributed by atoms with van der Waals surface area (Å²) in [6, 6.07) is 7.92. The maximum absolute atomic E-state index is 12.7. The number of likely N-dealkylation sites (tertiary alicyclic amines) is 1. The molecule has 2 aliphatic heterocycles. The van der Waals surface area contributed by atoms with Crippen LogP contribution in [0.1, 0.15) is 24.5 Å². The van der Waals surface area contributed by atoms with E-state index in [9.17, 15) is 4.79 Å². The average Bonchev–Trinajstić information content (AvgIpc) is 2.80. The van der Waals surface area contributed by atoms with Crippen LogP contribution in [0.3, 0.4) is 0 Å². The van der Waals surface area contributed by atoms with E-state index in [1.54, 1.807) is 19.5 Å². The van der Waals surface area contributed by atoms with Crippen molar-refractivity contribution in [1.29, 1.82) is 0 Å². The molecular weight excluding hydrogens is 368 g/mol. The van der Waals surface area contributed by atoms with Gasteiger partial charge in [0, 0.05) is 43.5 Å². The lowest BCUT2D eigenvalue weighted by molar-refractivity contribution is -0.136. The molecule has 0 N–H and O–H groups in total. The minimum atomic E-state index is 0.193. The highest BCUT2D eigenvalue weighted by Gasteiger charge is 2.28. The Hall–Kier alpha value is -2.51. The summed E-state index contributed by atoms with van der Waals surface area (Å²) in [6.45, 7) is 4.87. The van der Waals surface area contributed by atoms with E-state index in [2.05, 4.69) is 9.88 Å². The van der Waals surface area contributed by atoms with Gasteiger partial charge in [0.1, 0.15) is 5.75 Å². The van der Waals surface area contributed by atoms with Crippen molar-refractivity contribution >= 4 is 5.91 Å². The van der Waals surface area contributed by atoms with E-state index in [-0.39, 0.29) is 11.8 Å². The lowest BCUT2D eigenvalue weighted by Crippen LogP contribution is -2.47. The third-order valence-corrected chi connectivity index (χ3v) is 5.70. The van der Waals surface area contributed by atoms with Crippen molar-refractivity contribution in [1.82, 2.24) is 19.8 Å². The van der Waals surface area contributed by atoms with Crippen LogP contribution < -0.4 is 4.74 Å². The maximum atomic E-state index is 12.7. The van der Waals surface area contributed by atoms with Crippen LogP contribution in [0.4, 0.5) is 0 Å². The Labute approximate surface area is 171 Å². The zero-order chi connectivity index (χ0) is 20.1. The average molecular weight is 396 g/mol. The Morgan fingerprint density at radius 3 is 2.79 bits per heavy atom. The first-order valence-electron chi connectivity index (χ1n) is 10.3. The number of hydrogen-bond donors (Lipinski definition) is 0. The van der Waals surface area contributed by atoms with Crippen molar-refractivity contribution in [3.63, 3.8) is 0 Å². The highest BCUT2D eigenvalue weighted by atomic mass is 16.5. The predicted molar refractivity (Wildman–Crippen MR) is 110 cm³/mol. The molecule has 0 saturated carbocycles. The van der Waals surface area contributed by atoms with Gasteiger partial charge in [0.05, 0.1) is 38.3 Å². The first-order valence-corrected chi connectivity index (χ1v) is 10.3. The van der Waals surface area contributed by atoms with Crippen molar-refractivity contribution in [2.24, 2.45) is 0 Å². The first kappa shape index (κ1) is 19.8. The number of amides is 1. The number of carbonyl (C=O) groups is 1.